The Balaban J connectivity index is 0. The SMILES string of the molecule is CC(C)N(C=NC=[N+](C(C)C)C(C)C)C(C)C.F[P-](F)(F)(F)(F)F. The van der Waals surface area contributed by atoms with Gasteiger partial charge in [-0.3, -0.25) is 4.58 Å². The summed E-state index contributed by atoms with van der Waals surface area (Å²) >= 11 is 0. The second-order valence-corrected chi connectivity index (χ2v) is 8.52. The Kier molecular flexibility index (Phi) is 8.48. The van der Waals surface area contributed by atoms with Gasteiger partial charge in [-0.25, -0.2) is 0 Å². The van der Waals surface area contributed by atoms with E-state index in [0.717, 1.165) is 0 Å². The summed E-state index contributed by atoms with van der Waals surface area (Å²) in [6.07, 6.45) is 3.90. The molecule has 0 spiro atoms. The third-order valence-electron chi connectivity index (χ3n) is 2.79. The first-order valence-corrected chi connectivity index (χ1v) is 9.73. The maximum atomic E-state index is 9.87. The Bertz CT molecular complexity index is 409. The van der Waals surface area contributed by atoms with Crippen LogP contribution in [-0.4, -0.2) is 46.3 Å². The van der Waals surface area contributed by atoms with E-state index in [4.69, 9.17) is 0 Å². The van der Waals surface area contributed by atoms with Gasteiger partial charge in [0.05, 0.1) is 12.1 Å². The Morgan fingerprint density at radius 1 is 0.750 bits per heavy atom. The molecular formula is C14H30F6N3P. The van der Waals surface area contributed by atoms with Crippen LogP contribution in [0.5, 0.6) is 0 Å². The molecule has 0 aromatic rings. The van der Waals surface area contributed by atoms with E-state index in [1.165, 1.54) is 0 Å². The van der Waals surface area contributed by atoms with Gasteiger partial charge in [0.15, 0.2) is 0 Å². The summed E-state index contributed by atoms with van der Waals surface area (Å²) in [6, 6.07) is 1.94. The van der Waals surface area contributed by atoms with Gasteiger partial charge >= 0.3 is 33.0 Å². The molecule has 0 N–H and O–H groups in total. The number of nitrogens with zero attached hydrogens (tertiary/aromatic N) is 3. The van der Waals surface area contributed by atoms with Gasteiger partial charge in [-0.05, 0) is 60.4 Å². The summed E-state index contributed by atoms with van der Waals surface area (Å²) in [5, 5.41) is 0. The fourth-order valence-corrected chi connectivity index (χ4v) is 1.91. The molecule has 0 saturated carbocycles. The molecule has 0 aliphatic heterocycles. The third kappa shape index (κ3) is 19.2. The summed E-state index contributed by atoms with van der Waals surface area (Å²) in [5.74, 6) is 0. The molecule has 0 bridgehead atoms. The molecule has 0 atom stereocenters. The summed E-state index contributed by atoms with van der Waals surface area (Å²) < 4.78 is 61.5. The Morgan fingerprint density at radius 3 is 1.25 bits per heavy atom. The van der Waals surface area contributed by atoms with Crippen molar-refractivity contribution in [2.75, 3.05) is 0 Å². The van der Waals surface area contributed by atoms with E-state index in [1.54, 1.807) is 0 Å². The van der Waals surface area contributed by atoms with Crippen LogP contribution in [-0.2, 0) is 0 Å². The van der Waals surface area contributed by atoms with Gasteiger partial charge in [0.2, 0.25) is 6.34 Å². The summed E-state index contributed by atoms with van der Waals surface area (Å²) in [5.41, 5.74) is 0. The number of hydrogen-bond acceptors (Lipinski definition) is 0. The van der Waals surface area contributed by atoms with Crippen molar-refractivity contribution in [3.05, 3.63) is 0 Å². The molecule has 0 rings (SSSR count). The molecule has 0 heterocycles. The minimum atomic E-state index is -10.7. The average molecular weight is 385 g/mol. The molecule has 0 radical (unpaired) electrons. The molecule has 0 aliphatic rings. The quantitative estimate of drug-likeness (QED) is 0.171. The van der Waals surface area contributed by atoms with E-state index < -0.39 is 7.81 Å². The van der Waals surface area contributed by atoms with Crippen molar-refractivity contribution in [3.8, 4) is 0 Å². The average Bonchev–Trinajstić information content (AvgIpc) is 2.21. The van der Waals surface area contributed by atoms with E-state index in [2.05, 4.69) is 69.9 Å². The van der Waals surface area contributed by atoms with E-state index >= 15 is 0 Å². The molecule has 0 aromatic heterocycles. The van der Waals surface area contributed by atoms with Gasteiger partial charge in [-0.1, -0.05) is 0 Å². The first-order valence-electron chi connectivity index (χ1n) is 7.70. The molecule has 0 unspecified atom stereocenters. The van der Waals surface area contributed by atoms with Crippen molar-refractivity contribution < 1.29 is 29.8 Å². The monoisotopic (exact) mass is 385 g/mol. The number of hydrogen-bond donors (Lipinski definition) is 0. The number of rotatable bonds is 6. The van der Waals surface area contributed by atoms with Gasteiger partial charge in [0.1, 0.15) is 0 Å². The van der Waals surface area contributed by atoms with E-state index in [0.29, 0.717) is 24.2 Å². The fraction of sp³-hybridized carbons (Fsp3) is 0.857. The van der Waals surface area contributed by atoms with Crippen molar-refractivity contribution in [1.29, 1.82) is 0 Å². The molecule has 0 aromatic carbocycles. The van der Waals surface area contributed by atoms with Crippen molar-refractivity contribution >= 4 is 20.5 Å². The van der Waals surface area contributed by atoms with Crippen molar-refractivity contribution in [2.24, 2.45) is 4.99 Å². The van der Waals surface area contributed by atoms with Crippen molar-refractivity contribution in [3.63, 3.8) is 0 Å². The second-order valence-electron chi connectivity index (χ2n) is 6.61. The van der Waals surface area contributed by atoms with Gasteiger partial charge in [0, 0.05) is 12.1 Å². The molecule has 10 heteroatoms. The third-order valence-corrected chi connectivity index (χ3v) is 2.79. The maximum absolute atomic E-state index is 10.7. The zero-order valence-corrected chi connectivity index (χ0v) is 16.4. The number of halogens is 6. The molecule has 148 valence electrons. The van der Waals surface area contributed by atoms with Crippen LogP contribution in [0.1, 0.15) is 55.4 Å². The molecule has 0 fully saturated rings. The fourth-order valence-electron chi connectivity index (χ4n) is 1.91. The summed E-state index contributed by atoms with van der Waals surface area (Å²) in [4.78, 5) is 6.72. The Labute approximate surface area is 140 Å². The van der Waals surface area contributed by atoms with Crippen LogP contribution in [0.25, 0.3) is 0 Å². The normalized spacial score (nSPS) is 15.4. The van der Waals surface area contributed by atoms with Crippen LogP contribution in [0.15, 0.2) is 4.99 Å². The van der Waals surface area contributed by atoms with Crippen LogP contribution in [0.2, 0.25) is 0 Å². The second kappa shape index (κ2) is 8.02. The minimum absolute atomic E-state index is 0.485. The van der Waals surface area contributed by atoms with Crippen LogP contribution in [0.3, 0.4) is 0 Å². The predicted molar refractivity (Wildman–Crippen MR) is 90.8 cm³/mol. The molecule has 0 aliphatic carbocycles. The molecule has 0 amide bonds. The zero-order valence-electron chi connectivity index (χ0n) is 15.5. The van der Waals surface area contributed by atoms with E-state index in [9.17, 15) is 25.2 Å². The van der Waals surface area contributed by atoms with Crippen LogP contribution in [0.4, 0.5) is 25.2 Å². The van der Waals surface area contributed by atoms with Crippen LogP contribution < -0.4 is 0 Å². The Hall–Kier alpha value is -0.850. The predicted octanol–water partition coefficient (Wildman–Crippen LogP) is 6.37. The van der Waals surface area contributed by atoms with Crippen LogP contribution in [0, 0.1) is 0 Å². The Morgan fingerprint density at radius 2 is 1.04 bits per heavy atom. The first-order chi connectivity index (χ1) is 10.2. The summed E-state index contributed by atoms with van der Waals surface area (Å²) in [7, 11) is -10.7. The number of aliphatic imine (C=N–C) groups is 1. The molecular weight excluding hydrogens is 355 g/mol. The van der Waals surface area contributed by atoms with E-state index in [1.807, 2.05) is 12.7 Å². The van der Waals surface area contributed by atoms with Gasteiger partial charge < -0.3 is 4.90 Å². The molecule has 0 saturated heterocycles. The van der Waals surface area contributed by atoms with Gasteiger partial charge in [-0.15, -0.1) is 0 Å². The molecule has 3 nitrogen and oxygen atoms in total. The standard InChI is InChI=1S/C14H30N3.F6P/c1-11(2)16(12(3)4)9-15-10-17(13(5)6)14(7)8;1-7(2,3,4,5)6/h9-14H,1-8H3;/q+1;-1. The zero-order chi connectivity index (χ0) is 20.0. The summed E-state index contributed by atoms with van der Waals surface area (Å²) in [6.45, 7) is 17.5. The van der Waals surface area contributed by atoms with E-state index in [-0.39, 0.29) is 0 Å². The van der Waals surface area contributed by atoms with Crippen molar-refractivity contribution in [1.82, 2.24) is 4.90 Å². The van der Waals surface area contributed by atoms with Gasteiger partial charge in [0.25, 0.3) is 6.34 Å². The van der Waals surface area contributed by atoms with Crippen LogP contribution >= 0.6 is 7.81 Å². The topological polar surface area (TPSA) is 18.6 Å². The van der Waals surface area contributed by atoms with Gasteiger partial charge in [-0.2, -0.15) is 0 Å². The van der Waals surface area contributed by atoms with Crippen molar-refractivity contribution in [2.45, 2.75) is 79.6 Å². The molecule has 24 heavy (non-hydrogen) atoms. The first kappa shape index (κ1) is 25.4.